The normalized spacial score (nSPS) is 10.5. The van der Waals surface area contributed by atoms with E-state index >= 15 is 0 Å². The van der Waals surface area contributed by atoms with Crippen LogP contribution in [0.5, 0.6) is 0 Å². The van der Waals surface area contributed by atoms with Gasteiger partial charge in [-0.1, -0.05) is 11.6 Å². The fraction of sp³-hybridized carbons (Fsp3) is 0.0526. The molecule has 2 aromatic carbocycles. The van der Waals surface area contributed by atoms with Crippen LogP contribution >= 0.6 is 23.8 Å². The van der Waals surface area contributed by atoms with Crippen LogP contribution in [-0.2, 0) is 6.61 Å². The van der Waals surface area contributed by atoms with Crippen molar-refractivity contribution in [2.45, 2.75) is 6.61 Å². The topological polar surface area (TPSA) is 74.5 Å². The zero-order valence-corrected chi connectivity index (χ0v) is 15.4. The van der Waals surface area contributed by atoms with Gasteiger partial charge in [0.15, 0.2) is 5.11 Å². The first kappa shape index (κ1) is 19.0. The van der Waals surface area contributed by atoms with Crippen molar-refractivity contribution in [3.63, 3.8) is 0 Å². The first-order chi connectivity index (χ1) is 13.0. The van der Waals surface area contributed by atoms with Gasteiger partial charge in [0.25, 0.3) is 5.91 Å². The zero-order chi connectivity index (χ0) is 19.4. The molecule has 0 aliphatic heterocycles. The van der Waals surface area contributed by atoms with Crippen molar-refractivity contribution in [3.05, 3.63) is 76.8 Å². The van der Waals surface area contributed by atoms with Crippen LogP contribution in [0, 0.1) is 5.82 Å². The van der Waals surface area contributed by atoms with Crippen LogP contribution in [-0.4, -0.2) is 16.1 Å². The Balaban J connectivity index is 1.71. The second-order valence-electron chi connectivity index (χ2n) is 5.53. The third-order valence-corrected chi connectivity index (χ3v) is 4.17. The van der Waals surface area contributed by atoms with Crippen molar-refractivity contribution in [2.24, 2.45) is 0 Å². The Morgan fingerprint density at radius 1 is 1.15 bits per heavy atom. The van der Waals surface area contributed by atoms with Gasteiger partial charge in [0.05, 0.1) is 5.02 Å². The van der Waals surface area contributed by atoms with Crippen molar-refractivity contribution in [1.29, 1.82) is 0 Å². The second-order valence-corrected chi connectivity index (χ2v) is 6.35. The Bertz CT molecular complexity index is 989. The smallest absolute Gasteiger partial charge is 0.257 e. The number of benzene rings is 2. The molecular formula is C19H14ClFN2O3S. The lowest BCUT2D eigenvalue weighted by Gasteiger charge is -2.11. The zero-order valence-electron chi connectivity index (χ0n) is 13.8. The van der Waals surface area contributed by atoms with Crippen LogP contribution < -0.4 is 10.6 Å². The van der Waals surface area contributed by atoms with E-state index in [0.29, 0.717) is 27.8 Å². The van der Waals surface area contributed by atoms with Crippen molar-refractivity contribution in [3.8, 4) is 11.3 Å². The molecule has 1 amide bonds. The summed E-state index contributed by atoms with van der Waals surface area (Å²) in [5.74, 6) is 0.0269. The quantitative estimate of drug-likeness (QED) is 0.563. The van der Waals surface area contributed by atoms with Gasteiger partial charge in [0.1, 0.15) is 23.9 Å². The van der Waals surface area contributed by atoms with Crippen LogP contribution in [0.1, 0.15) is 16.1 Å². The standard InChI is InChI=1S/C19H14ClFN2O3S/c20-16-7-5-13(9-15(16)17-8-6-14(10-24)26-17)22-19(27)23-18(25)11-1-3-12(21)4-2-11/h1-9,24H,10H2,(H2,22,23,25,27). The predicted molar refractivity (Wildman–Crippen MR) is 105 cm³/mol. The lowest BCUT2D eigenvalue weighted by atomic mass is 10.1. The minimum atomic E-state index is -0.458. The molecule has 0 spiro atoms. The first-order valence-corrected chi connectivity index (χ1v) is 8.62. The molecule has 8 heteroatoms. The Kier molecular flexibility index (Phi) is 5.85. The molecule has 27 heavy (non-hydrogen) atoms. The average molecular weight is 405 g/mol. The minimum Gasteiger partial charge on any atom is -0.459 e. The molecule has 5 nitrogen and oxygen atoms in total. The summed E-state index contributed by atoms with van der Waals surface area (Å²) < 4.78 is 18.4. The average Bonchev–Trinajstić information content (AvgIpc) is 3.12. The molecular weight excluding hydrogens is 391 g/mol. The van der Waals surface area contributed by atoms with E-state index in [0.717, 1.165) is 0 Å². The second kappa shape index (κ2) is 8.30. The van der Waals surface area contributed by atoms with E-state index in [1.807, 2.05) is 0 Å². The number of amides is 1. The number of furan rings is 1. The van der Waals surface area contributed by atoms with Crippen molar-refractivity contribution < 1.29 is 18.7 Å². The van der Waals surface area contributed by atoms with Gasteiger partial charge in [-0.15, -0.1) is 0 Å². The number of nitrogens with one attached hydrogen (secondary N) is 2. The maximum absolute atomic E-state index is 12.9. The number of carbonyl (C=O) groups is 1. The van der Waals surface area contributed by atoms with E-state index < -0.39 is 11.7 Å². The fourth-order valence-electron chi connectivity index (χ4n) is 2.34. The Labute approximate surface area is 164 Å². The molecule has 0 saturated heterocycles. The minimum absolute atomic E-state index is 0.0769. The molecule has 0 radical (unpaired) electrons. The van der Waals surface area contributed by atoms with Gasteiger partial charge in [-0.3, -0.25) is 10.1 Å². The molecule has 1 heterocycles. The molecule has 0 saturated carbocycles. The summed E-state index contributed by atoms with van der Waals surface area (Å²) in [4.78, 5) is 12.1. The number of hydrogen-bond donors (Lipinski definition) is 3. The summed E-state index contributed by atoms with van der Waals surface area (Å²) in [7, 11) is 0. The maximum atomic E-state index is 12.9. The van der Waals surface area contributed by atoms with E-state index in [1.54, 1.807) is 30.3 Å². The van der Waals surface area contributed by atoms with Gasteiger partial charge in [-0.25, -0.2) is 4.39 Å². The molecule has 0 atom stereocenters. The number of aliphatic hydroxyl groups is 1. The number of anilines is 1. The summed E-state index contributed by atoms with van der Waals surface area (Å²) in [6.07, 6.45) is 0. The van der Waals surface area contributed by atoms with Gasteiger partial charge in [0, 0.05) is 16.8 Å². The molecule has 0 bridgehead atoms. The molecule has 0 aliphatic rings. The first-order valence-electron chi connectivity index (χ1n) is 7.83. The number of rotatable bonds is 4. The third-order valence-electron chi connectivity index (χ3n) is 3.64. The van der Waals surface area contributed by atoms with Crippen LogP contribution in [0.15, 0.2) is 59.0 Å². The van der Waals surface area contributed by atoms with Gasteiger partial charge in [0.2, 0.25) is 0 Å². The number of carbonyl (C=O) groups excluding carboxylic acids is 1. The van der Waals surface area contributed by atoms with Gasteiger partial charge in [-0.05, 0) is 66.8 Å². The molecule has 3 aromatic rings. The number of thiocarbonyl (C=S) groups is 1. The lowest BCUT2D eigenvalue weighted by molar-refractivity contribution is 0.0977. The van der Waals surface area contributed by atoms with Gasteiger partial charge < -0.3 is 14.8 Å². The maximum Gasteiger partial charge on any atom is 0.257 e. The summed E-state index contributed by atoms with van der Waals surface area (Å²) in [5.41, 5.74) is 1.47. The Morgan fingerprint density at radius 3 is 2.56 bits per heavy atom. The van der Waals surface area contributed by atoms with Crippen LogP contribution in [0.25, 0.3) is 11.3 Å². The van der Waals surface area contributed by atoms with E-state index in [2.05, 4.69) is 10.6 Å². The number of halogens is 2. The SMILES string of the molecule is O=C(NC(=S)Nc1ccc(Cl)c(-c2ccc(CO)o2)c1)c1ccc(F)cc1. The van der Waals surface area contributed by atoms with E-state index in [-0.39, 0.29) is 17.3 Å². The Hall–Kier alpha value is -2.74. The highest BCUT2D eigenvalue weighted by atomic mass is 35.5. The molecule has 3 rings (SSSR count). The number of aliphatic hydroxyl groups excluding tert-OH is 1. The summed E-state index contributed by atoms with van der Waals surface area (Å²) >= 11 is 11.4. The summed E-state index contributed by atoms with van der Waals surface area (Å²) in [5, 5.41) is 15.1. The van der Waals surface area contributed by atoms with Crippen molar-refractivity contribution in [2.75, 3.05) is 5.32 Å². The largest absolute Gasteiger partial charge is 0.459 e. The molecule has 0 fully saturated rings. The highest BCUT2D eigenvalue weighted by molar-refractivity contribution is 7.80. The van der Waals surface area contributed by atoms with Crippen molar-refractivity contribution >= 4 is 40.5 Å². The van der Waals surface area contributed by atoms with Gasteiger partial charge >= 0.3 is 0 Å². The number of hydrogen-bond acceptors (Lipinski definition) is 4. The van der Waals surface area contributed by atoms with Crippen molar-refractivity contribution in [1.82, 2.24) is 5.32 Å². The molecule has 0 unspecified atom stereocenters. The van der Waals surface area contributed by atoms with E-state index in [4.69, 9.17) is 33.3 Å². The van der Waals surface area contributed by atoms with Gasteiger partial charge in [-0.2, -0.15) is 0 Å². The summed E-state index contributed by atoms with van der Waals surface area (Å²) in [6, 6.07) is 13.5. The van der Waals surface area contributed by atoms with Crippen LogP contribution in [0.4, 0.5) is 10.1 Å². The molecule has 3 N–H and O–H groups in total. The fourth-order valence-corrected chi connectivity index (χ4v) is 2.76. The summed E-state index contributed by atoms with van der Waals surface area (Å²) in [6.45, 7) is -0.213. The highest BCUT2D eigenvalue weighted by Gasteiger charge is 2.12. The van der Waals surface area contributed by atoms with E-state index in [9.17, 15) is 9.18 Å². The third kappa shape index (κ3) is 4.71. The molecule has 0 aliphatic carbocycles. The Morgan fingerprint density at radius 2 is 1.89 bits per heavy atom. The highest BCUT2D eigenvalue weighted by Crippen LogP contribution is 2.32. The molecule has 1 aromatic heterocycles. The van der Waals surface area contributed by atoms with E-state index in [1.165, 1.54) is 24.3 Å². The molecule has 138 valence electrons. The van der Waals surface area contributed by atoms with Crippen LogP contribution in [0.2, 0.25) is 5.02 Å². The lowest BCUT2D eigenvalue weighted by Crippen LogP contribution is -2.34. The predicted octanol–water partition coefficient (Wildman–Crippen LogP) is 4.36. The van der Waals surface area contributed by atoms with Crippen LogP contribution in [0.3, 0.4) is 0 Å². The monoisotopic (exact) mass is 404 g/mol.